The average molecular weight is 203 g/mol. The average Bonchev–Trinajstić information content (AvgIpc) is 2.17. The molecule has 1 aromatic carbocycles. The van der Waals surface area contributed by atoms with Gasteiger partial charge in [-0.05, 0) is 24.3 Å². The number of methoxy groups -OCH3 is 1. The molecule has 5 heteroatoms. The van der Waals surface area contributed by atoms with Gasteiger partial charge in [-0.3, -0.25) is 5.73 Å². The van der Waals surface area contributed by atoms with Crippen LogP contribution in [0.1, 0.15) is 5.56 Å². The van der Waals surface area contributed by atoms with E-state index < -0.39 is 0 Å². The van der Waals surface area contributed by atoms with E-state index in [1.165, 1.54) is 0 Å². The molecule has 72 valence electrons. The Bertz CT molecular complexity index is 285. The van der Waals surface area contributed by atoms with Crippen LogP contribution in [0.5, 0.6) is 5.75 Å². The second kappa shape index (κ2) is 5.27. The zero-order valence-electron chi connectivity index (χ0n) is 7.12. The summed E-state index contributed by atoms with van der Waals surface area (Å²) in [6.07, 6.45) is 0. The molecule has 0 atom stereocenters. The minimum absolute atomic E-state index is 0. The molecular formula is C8H11ClN2O2. The number of nitrogen functional groups attached to an aromatic ring is 1. The predicted molar refractivity (Wildman–Crippen MR) is 44.0 cm³/mol. The van der Waals surface area contributed by atoms with Gasteiger partial charge in [-0.2, -0.15) is 0 Å². The fourth-order valence-corrected chi connectivity index (χ4v) is 0.835. The minimum atomic E-state index is 0. The van der Waals surface area contributed by atoms with E-state index >= 15 is 0 Å². The minimum Gasteiger partial charge on any atom is -1.00 e. The molecule has 0 aliphatic rings. The lowest BCUT2D eigenvalue weighted by atomic mass is 10.2. The Kier molecular flexibility index (Phi) is 4.69. The second-order valence-corrected chi connectivity index (χ2v) is 2.25. The zero-order valence-corrected chi connectivity index (χ0v) is 7.88. The number of rotatable bonds is 2. The first-order valence-electron chi connectivity index (χ1n) is 3.45. The molecule has 0 heterocycles. The maximum atomic E-state index is 8.47. The zero-order chi connectivity index (χ0) is 8.97. The van der Waals surface area contributed by atoms with E-state index in [0.717, 1.165) is 11.3 Å². The highest BCUT2D eigenvalue weighted by molar-refractivity contribution is 5.92. The van der Waals surface area contributed by atoms with Gasteiger partial charge in [0.05, 0.1) is 12.7 Å². The normalized spacial score (nSPS) is 10.4. The number of ether oxygens (including phenoxy) is 1. The summed E-state index contributed by atoms with van der Waals surface area (Å²) >= 11 is 0. The van der Waals surface area contributed by atoms with Crippen molar-refractivity contribution in [1.29, 1.82) is 0 Å². The summed E-state index contributed by atoms with van der Waals surface area (Å²) in [5.74, 6) is 0.974. The van der Waals surface area contributed by atoms with Gasteiger partial charge in [0, 0.05) is 0 Å². The van der Waals surface area contributed by atoms with Gasteiger partial charge in [-0.25, -0.2) is 0 Å². The maximum absolute atomic E-state index is 8.47. The maximum Gasteiger partial charge on any atom is 0.311 e. The molecule has 0 amide bonds. The summed E-state index contributed by atoms with van der Waals surface area (Å²) in [5.41, 5.74) is 6.12. The molecule has 0 unspecified atom stereocenters. The van der Waals surface area contributed by atoms with Crippen molar-refractivity contribution in [1.82, 2.24) is 0 Å². The largest absolute Gasteiger partial charge is 1.00 e. The molecule has 0 saturated carbocycles. The van der Waals surface area contributed by atoms with Gasteiger partial charge >= 0.3 is 5.84 Å². The van der Waals surface area contributed by atoms with Crippen LogP contribution in [0, 0.1) is 0 Å². The van der Waals surface area contributed by atoms with Crippen LogP contribution in [-0.2, 0) is 0 Å². The van der Waals surface area contributed by atoms with Crippen molar-refractivity contribution in [2.24, 2.45) is 5.73 Å². The van der Waals surface area contributed by atoms with Gasteiger partial charge in [0.1, 0.15) is 5.75 Å². The lowest BCUT2D eigenvalue weighted by Crippen LogP contribution is -3.00. The first-order valence-corrected chi connectivity index (χ1v) is 3.45. The number of hydrogen-bond acceptors (Lipinski definition) is 2. The molecule has 4 nitrogen and oxygen atoms in total. The van der Waals surface area contributed by atoms with Crippen molar-refractivity contribution in [3.05, 3.63) is 29.8 Å². The Morgan fingerprint density at radius 2 is 1.92 bits per heavy atom. The van der Waals surface area contributed by atoms with Gasteiger partial charge in [0.25, 0.3) is 0 Å². The summed E-state index contributed by atoms with van der Waals surface area (Å²) in [5, 5.41) is 10.3. The molecule has 13 heavy (non-hydrogen) atoms. The highest BCUT2D eigenvalue weighted by Crippen LogP contribution is 2.09. The van der Waals surface area contributed by atoms with E-state index in [-0.39, 0.29) is 18.2 Å². The van der Waals surface area contributed by atoms with Crippen LogP contribution in [0.25, 0.3) is 0 Å². The summed E-state index contributed by atoms with van der Waals surface area (Å²) in [6.45, 7) is 0. The van der Waals surface area contributed by atoms with Crippen molar-refractivity contribution in [3.8, 4) is 5.75 Å². The quantitative estimate of drug-likeness (QED) is 0.198. The van der Waals surface area contributed by atoms with E-state index in [2.05, 4.69) is 0 Å². The van der Waals surface area contributed by atoms with Gasteiger partial charge in [0.2, 0.25) is 0 Å². The van der Waals surface area contributed by atoms with Crippen molar-refractivity contribution < 1.29 is 27.5 Å². The third-order valence-electron chi connectivity index (χ3n) is 1.52. The van der Waals surface area contributed by atoms with Crippen LogP contribution in [0.15, 0.2) is 24.3 Å². The van der Waals surface area contributed by atoms with Gasteiger partial charge in [-0.1, -0.05) is 5.16 Å². The first-order chi connectivity index (χ1) is 5.77. The van der Waals surface area contributed by atoms with Gasteiger partial charge in [-0.15, -0.1) is 0 Å². The molecule has 0 aromatic heterocycles. The number of nitrogens with one attached hydrogen (secondary N) is 1. The lowest BCUT2D eigenvalue weighted by Gasteiger charge is -1.98. The molecular weight excluding hydrogens is 192 g/mol. The Balaban J connectivity index is 0.00000144. The Morgan fingerprint density at radius 3 is 2.31 bits per heavy atom. The summed E-state index contributed by atoms with van der Waals surface area (Å²) in [4.78, 5) is 0. The Labute approximate surface area is 82.4 Å². The third-order valence-corrected chi connectivity index (χ3v) is 1.52. The number of nitrogens with two attached hydrogens (primary N) is 1. The van der Waals surface area contributed by atoms with Crippen LogP contribution < -0.4 is 28.0 Å². The van der Waals surface area contributed by atoms with Crippen LogP contribution >= 0.6 is 0 Å². The summed E-state index contributed by atoms with van der Waals surface area (Å²) in [7, 11) is 1.59. The van der Waals surface area contributed by atoms with Crippen molar-refractivity contribution >= 4 is 5.84 Å². The predicted octanol–water partition coefficient (Wildman–Crippen LogP) is -4.13. The van der Waals surface area contributed by atoms with E-state index in [1.54, 1.807) is 31.4 Å². The number of amidine groups is 1. The van der Waals surface area contributed by atoms with E-state index in [9.17, 15) is 0 Å². The van der Waals surface area contributed by atoms with E-state index in [0.29, 0.717) is 0 Å². The molecule has 0 saturated heterocycles. The van der Waals surface area contributed by atoms with E-state index in [4.69, 9.17) is 15.7 Å². The smallest absolute Gasteiger partial charge is 0.311 e. The molecule has 4 N–H and O–H groups in total. The molecule has 0 radical (unpaired) electrons. The first kappa shape index (κ1) is 11.6. The monoisotopic (exact) mass is 202 g/mol. The van der Waals surface area contributed by atoms with Crippen molar-refractivity contribution in [3.63, 3.8) is 0 Å². The molecule has 1 rings (SSSR count). The van der Waals surface area contributed by atoms with Gasteiger partial charge < -0.3 is 22.4 Å². The van der Waals surface area contributed by atoms with Crippen LogP contribution in [0.3, 0.4) is 0 Å². The fourth-order valence-electron chi connectivity index (χ4n) is 0.835. The van der Waals surface area contributed by atoms with Crippen molar-refractivity contribution in [2.45, 2.75) is 0 Å². The Hall–Kier alpha value is -1.42. The molecule has 0 aliphatic heterocycles. The second-order valence-electron chi connectivity index (χ2n) is 2.25. The number of halogens is 1. The lowest BCUT2D eigenvalue weighted by molar-refractivity contribution is -0.737. The molecule has 0 spiro atoms. The number of hydrogen-bond donors (Lipinski definition) is 3. The standard InChI is InChI=1S/C8H10N2O2.ClH/c1-12-7-4-2-6(3-5-7)8(9)10-11;/h2-5,11H,1H3,(H2,9,10);1H. The molecule has 0 aliphatic carbocycles. The topological polar surface area (TPSA) is 69.5 Å². The molecule has 0 fully saturated rings. The summed E-state index contributed by atoms with van der Waals surface area (Å²) < 4.78 is 4.95. The fraction of sp³-hybridized carbons (Fsp3) is 0.125. The molecule has 0 bridgehead atoms. The van der Waals surface area contributed by atoms with Gasteiger partial charge in [0.15, 0.2) is 0 Å². The highest BCUT2D eigenvalue weighted by atomic mass is 35.5. The van der Waals surface area contributed by atoms with Crippen LogP contribution in [-0.4, -0.2) is 18.2 Å². The number of benzene rings is 1. The molecule has 1 aromatic rings. The third kappa shape index (κ3) is 2.83. The van der Waals surface area contributed by atoms with Crippen LogP contribution in [0.2, 0.25) is 0 Å². The van der Waals surface area contributed by atoms with Crippen molar-refractivity contribution in [2.75, 3.05) is 7.11 Å². The van der Waals surface area contributed by atoms with E-state index in [1.807, 2.05) is 5.16 Å². The summed E-state index contributed by atoms with van der Waals surface area (Å²) in [6, 6.07) is 7.02. The van der Waals surface area contributed by atoms with Crippen LogP contribution in [0.4, 0.5) is 0 Å². The SMILES string of the molecule is COc1ccc(/C(N)=[NH+]/O)cc1.[Cl-]. The highest BCUT2D eigenvalue weighted by Gasteiger charge is 2.02. The Morgan fingerprint density at radius 1 is 1.38 bits per heavy atom.